The molecule has 7 nitrogen and oxygen atoms in total. The molecule has 3 aromatic rings. The number of rotatable bonds is 6. The second-order valence-electron chi connectivity index (χ2n) is 9.07. The summed E-state index contributed by atoms with van der Waals surface area (Å²) in [6, 6.07) is 19.4. The molecule has 0 saturated heterocycles. The number of hydrogen-bond donors (Lipinski definition) is 2. The number of carbonyl (C=O) groups is 2. The lowest BCUT2D eigenvalue weighted by Crippen LogP contribution is -2.43. The van der Waals surface area contributed by atoms with Crippen molar-refractivity contribution in [3.8, 4) is 16.9 Å². The molecule has 0 bridgehead atoms. The number of amides is 1. The molecular formula is C28H26FN3O4. The third-order valence-corrected chi connectivity index (χ3v) is 6.82. The summed E-state index contributed by atoms with van der Waals surface area (Å²) in [4.78, 5) is 32.0. The van der Waals surface area contributed by atoms with Crippen LogP contribution in [0.5, 0.6) is 5.75 Å². The highest BCUT2D eigenvalue weighted by atomic mass is 19.1. The van der Waals surface area contributed by atoms with Gasteiger partial charge in [-0.2, -0.15) is 0 Å². The van der Waals surface area contributed by atoms with E-state index >= 15 is 0 Å². The third-order valence-electron chi connectivity index (χ3n) is 6.82. The molecule has 0 saturated carbocycles. The smallest absolute Gasteiger partial charge is 0.261 e. The lowest BCUT2D eigenvalue weighted by molar-refractivity contribution is -0.132. The zero-order valence-electron chi connectivity index (χ0n) is 19.8. The predicted molar refractivity (Wildman–Crippen MR) is 133 cm³/mol. The molecule has 0 radical (unpaired) electrons. The fraction of sp³-hybridized carbons (Fsp3) is 0.250. The van der Waals surface area contributed by atoms with Crippen molar-refractivity contribution in [3.05, 3.63) is 89.2 Å². The number of Topliss-reactive ketones (excluding diaryl/α,β-unsaturated/α-hetero) is 1. The number of ether oxygens (including phenoxy) is 1. The Hall–Kier alpha value is -4.04. The molecule has 0 aliphatic carbocycles. The number of aliphatic hydroxyl groups is 1. The molecule has 5 rings (SSSR count). The normalized spacial score (nSPS) is 20.8. The first-order valence-electron chi connectivity index (χ1n) is 11.8. The van der Waals surface area contributed by atoms with Gasteiger partial charge in [-0.15, -0.1) is 0 Å². The lowest BCUT2D eigenvalue weighted by atomic mass is 9.79. The van der Waals surface area contributed by atoms with Crippen LogP contribution in [-0.4, -0.2) is 41.3 Å². The van der Waals surface area contributed by atoms with Crippen LogP contribution in [0.1, 0.15) is 46.9 Å². The van der Waals surface area contributed by atoms with Gasteiger partial charge in [0.1, 0.15) is 17.7 Å². The van der Waals surface area contributed by atoms with E-state index in [1.165, 1.54) is 17.0 Å². The zero-order valence-corrected chi connectivity index (χ0v) is 19.8. The first-order valence-corrected chi connectivity index (χ1v) is 11.8. The molecule has 8 heteroatoms. The van der Waals surface area contributed by atoms with Crippen molar-refractivity contribution in [2.75, 3.05) is 13.7 Å². The van der Waals surface area contributed by atoms with Crippen LogP contribution < -0.4 is 10.5 Å². The van der Waals surface area contributed by atoms with Crippen molar-refractivity contribution in [2.45, 2.75) is 30.9 Å². The number of likely N-dealkylation sites (N-methyl/N-ethyl adjacent to an activating group) is 1. The van der Waals surface area contributed by atoms with E-state index in [0.29, 0.717) is 22.4 Å². The van der Waals surface area contributed by atoms with Crippen LogP contribution in [0.15, 0.2) is 71.7 Å². The third kappa shape index (κ3) is 3.93. The molecule has 1 amide bonds. The summed E-state index contributed by atoms with van der Waals surface area (Å²) in [6.07, 6.45) is 0.177. The number of aliphatic imine (C=N–C) groups is 1. The Bertz CT molecular complexity index is 1370. The maximum atomic E-state index is 14.4. The average Bonchev–Trinajstić information content (AvgIpc) is 3.11. The number of ketones is 1. The molecule has 0 aromatic heterocycles. The van der Waals surface area contributed by atoms with Crippen LogP contribution in [0, 0.1) is 5.82 Å². The second kappa shape index (κ2) is 9.20. The quantitative estimate of drug-likeness (QED) is 0.512. The standard InChI is InChI=1S/C28H26FN3O4/c1-32-26(35)28(31-27(32)30)16-25(17-6-3-2-4-7-17)36-24-12-10-19(15-21(24)28)18-9-11-22(29)20(14-18)23(34)8-5-13-33/h2-4,6-7,9-12,14-15,25,33H,5,8,13,16H2,1H3,(H2,30,31). The van der Waals surface area contributed by atoms with Crippen molar-refractivity contribution in [2.24, 2.45) is 10.7 Å². The minimum Gasteiger partial charge on any atom is -0.485 e. The molecule has 2 atom stereocenters. The number of fused-ring (bicyclic) bond motifs is 2. The molecule has 2 unspecified atom stereocenters. The van der Waals surface area contributed by atoms with E-state index in [1.807, 2.05) is 36.4 Å². The van der Waals surface area contributed by atoms with Crippen molar-refractivity contribution in [1.82, 2.24) is 4.90 Å². The highest BCUT2D eigenvalue weighted by Crippen LogP contribution is 2.50. The van der Waals surface area contributed by atoms with Gasteiger partial charge in [0.2, 0.25) is 0 Å². The number of guanidine groups is 1. The predicted octanol–water partition coefficient (Wildman–Crippen LogP) is 3.95. The van der Waals surface area contributed by atoms with E-state index in [2.05, 4.69) is 4.99 Å². The summed E-state index contributed by atoms with van der Waals surface area (Å²) >= 11 is 0. The molecular weight excluding hydrogens is 461 g/mol. The van der Waals surface area contributed by atoms with Gasteiger partial charge in [-0.05, 0) is 47.4 Å². The summed E-state index contributed by atoms with van der Waals surface area (Å²) in [7, 11) is 1.59. The van der Waals surface area contributed by atoms with E-state index in [4.69, 9.17) is 15.6 Å². The molecule has 3 aromatic carbocycles. The number of carbonyl (C=O) groups excluding carboxylic acids is 2. The number of nitrogens with two attached hydrogens (primary N) is 1. The molecule has 2 aliphatic rings. The van der Waals surface area contributed by atoms with Crippen molar-refractivity contribution in [1.29, 1.82) is 0 Å². The molecule has 1 spiro atoms. The lowest BCUT2D eigenvalue weighted by Gasteiger charge is -2.37. The Morgan fingerprint density at radius 2 is 1.89 bits per heavy atom. The van der Waals surface area contributed by atoms with Gasteiger partial charge in [0, 0.05) is 32.1 Å². The van der Waals surface area contributed by atoms with Crippen LogP contribution in [-0.2, 0) is 10.3 Å². The average molecular weight is 488 g/mol. The molecule has 3 N–H and O–H groups in total. The Balaban J connectivity index is 1.60. The fourth-order valence-corrected chi connectivity index (χ4v) is 4.86. The van der Waals surface area contributed by atoms with Gasteiger partial charge >= 0.3 is 0 Å². The van der Waals surface area contributed by atoms with E-state index in [1.54, 1.807) is 25.2 Å². The SMILES string of the molecule is CN1C(=O)C2(CC(c3ccccc3)Oc3ccc(-c4ccc(F)c(C(=O)CCCO)c4)cc32)N=C1N. The van der Waals surface area contributed by atoms with Gasteiger partial charge in [0.05, 0.1) is 5.56 Å². The molecule has 2 heterocycles. The van der Waals surface area contributed by atoms with Gasteiger partial charge < -0.3 is 15.6 Å². The van der Waals surface area contributed by atoms with Gasteiger partial charge in [-0.25, -0.2) is 9.38 Å². The van der Waals surface area contributed by atoms with E-state index in [-0.39, 0.29) is 49.1 Å². The number of benzene rings is 3. The Kier molecular flexibility index (Phi) is 6.05. The maximum Gasteiger partial charge on any atom is 0.261 e. The summed E-state index contributed by atoms with van der Waals surface area (Å²) in [5, 5.41) is 9.02. The monoisotopic (exact) mass is 487 g/mol. The summed E-state index contributed by atoms with van der Waals surface area (Å²) < 4.78 is 20.8. The summed E-state index contributed by atoms with van der Waals surface area (Å²) in [5.41, 5.74) is 7.59. The van der Waals surface area contributed by atoms with Crippen LogP contribution >= 0.6 is 0 Å². The number of hydrogen-bond acceptors (Lipinski definition) is 6. The van der Waals surface area contributed by atoms with E-state index < -0.39 is 17.5 Å². The second-order valence-corrected chi connectivity index (χ2v) is 9.07. The van der Waals surface area contributed by atoms with Crippen LogP contribution in [0.2, 0.25) is 0 Å². The Morgan fingerprint density at radius 1 is 1.17 bits per heavy atom. The molecule has 36 heavy (non-hydrogen) atoms. The zero-order chi connectivity index (χ0) is 25.4. The first kappa shape index (κ1) is 23.7. The van der Waals surface area contributed by atoms with Crippen molar-refractivity contribution < 1.29 is 23.8 Å². The number of aliphatic hydroxyl groups excluding tert-OH is 1. The van der Waals surface area contributed by atoms with Crippen molar-refractivity contribution in [3.63, 3.8) is 0 Å². The minimum absolute atomic E-state index is 0.0345. The summed E-state index contributed by atoms with van der Waals surface area (Å²) in [5.74, 6) is -0.599. The largest absolute Gasteiger partial charge is 0.485 e. The van der Waals surface area contributed by atoms with Gasteiger partial charge in [-0.1, -0.05) is 42.5 Å². The van der Waals surface area contributed by atoms with Crippen LogP contribution in [0.25, 0.3) is 11.1 Å². The van der Waals surface area contributed by atoms with Gasteiger partial charge in [0.15, 0.2) is 17.3 Å². The highest BCUT2D eigenvalue weighted by molar-refractivity contribution is 6.07. The number of halogens is 1. The van der Waals surface area contributed by atoms with E-state index in [9.17, 15) is 14.0 Å². The molecule has 0 fully saturated rings. The minimum atomic E-state index is -1.26. The first-order chi connectivity index (χ1) is 17.3. The summed E-state index contributed by atoms with van der Waals surface area (Å²) in [6.45, 7) is -0.143. The Morgan fingerprint density at radius 3 is 2.58 bits per heavy atom. The maximum absolute atomic E-state index is 14.4. The Labute approximate surface area is 208 Å². The molecule has 2 aliphatic heterocycles. The van der Waals surface area contributed by atoms with E-state index in [0.717, 1.165) is 5.56 Å². The van der Waals surface area contributed by atoms with Crippen LogP contribution in [0.3, 0.4) is 0 Å². The van der Waals surface area contributed by atoms with Gasteiger partial charge in [0.25, 0.3) is 5.91 Å². The van der Waals surface area contributed by atoms with Crippen LogP contribution in [0.4, 0.5) is 4.39 Å². The highest BCUT2D eigenvalue weighted by Gasteiger charge is 2.53. The fourth-order valence-electron chi connectivity index (χ4n) is 4.86. The molecule has 184 valence electrons. The van der Waals surface area contributed by atoms with Crippen molar-refractivity contribution >= 4 is 17.6 Å². The topological polar surface area (TPSA) is 105 Å². The number of nitrogens with zero attached hydrogens (tertiary/aromatic N) is 2. The van der Waals surface area contributed by atoms with Gasteiger partial charge in [-0.3, -0.25) is 14.5 Å².